The van der Waals surface area contributed by atoms with Crippen LogP contribution in [0.25, 0.3) is 22.4 Å². The summed E-state index contributed by atoms with van der Waals surface area (Å²) in [4.78, 5) is 16.5. The third-order valence-corrected chi connectivity index (χ3v) is 4.69. The number of carbonyl (C=O) groups excluding carboxylic acids is 1. The highest BCUT2D eigenvalue weighted by Crippen LogP contribution is 2.22. The molecule has 0 unspecified atom stereocenters. The Hall–Kier alpha value is -3.54. The number of nitrogens with one attached hydrogen (secondary N) is 1. The normalized spacial score (nSPS) is 10.9. The fourth-order valence-corrected chi connectivity index (χ4v) is 2.96. The van der Waals surface area contributed by atoms with Gasteiger partial charge in [0.25, 0.3) is 0 Å². The van der Waals surface area contributed by atoms with E-state index in [2.05, 4.69) is 46.5 Å². The van der Waals surface area contributed by atoms with E-state index < -0.39 is 0 Å². The number of amides is 1. The molecule has 1 amide bonds. The third-order valence-electron chi connectivity index (χ3n) is 4.69. The van der Waals surface area contributed by atoms with Crippen LogP contribution in [0.5, 0.6) is 0 Å². The maximum atomic E-state index is 12.2. The van der Waals surface area contributed by atoms with E-state index in [1.54, 1.807) is 6.20 Å². The Labute approximate surface area is 162 Å². The van der Waals surface area contributed by atoms with Gasteiger partial charge in [-0.15, -0.1) is 10.2 Å². The molecule has 4 rings (SSSR count). The maximum absolute atomic E-state index is 12.2. The van der Waals surface area contributed by atoms with Crippen molar-refractivity contribution in [3.05, 3.63) is 77.3 Å². The summed E-state index contributed by atoms with van der Waals surface area (Å²) in [5, 5.41) is 12.0. The first-order valence-electron chi connectivity index (χ1n) is 9.09. The summed E-state index contributed by atoms with van der Waals surface area (Å²) < 4.78 is 5.67. The Balaban J connectivity index is 1.40. The van der Waals surface area contributed by atoms with Crippen LogP contribution in [-0.4, -0.2) is 21.1 Å². The largest absolute Gasteiger partial charge is 0.420 e. The Morgan fingerprint density at radius 3 is 2.79 bits per heavy atom. The molecule has 0 aliphatic rings. The number of aryl methyl sites for hydroxylation is 2. The number of hydrogen-bond donors (Lipinski definition) is 1. The van der Waals surface area contributed by atoms with Gasteiger partial charge in [0.05, 0.1) is 5.52 Å². The van der Waals surface area contributed by atoms with Crippen molar-refractivity contribution >= 4 is 16.8 Å². The van der Waals surface area contributed by atoms with E-state index >= 15 is 0 Å². The fourth-order valence-electron chi connectivity index (χ4n) is 2.96. The summed E-state index contributed by atoms with van der Waals surface area (Å²) in [5.74, 6) is 0.526. The molecule has 6 nitrogen and oxygen atoms in total. The average molecular weight is 372 g/mol. The van der Waals surface area contributed by atoms with Crippen LogP contribution in [0.3, 0.4) is 0 Å². The Morgan fingerprint density at radius 2 is 1.93 bits per heavy atom. The molecule has 1 N–H and O–H groups in total. The van der Waals surface area contributed by atoms with E-state index in [1.165, 1.54) is 11.1 Å². The number of fused-ring (bicyclic) bond motifs is 1. The minimum Gasteiger partial charge on any atom is -0.420 e. The molecule has 4 aromatic rings. The van der Waals surface area contributed by atoms with E-state index in [1.807, 2.05) is 36.4 Å². The van der Waals surface area contributed by atoms with Gasteiger partial charge in [-0.2, -0.15) is 0 Å². The summed E-state index contributed by atoms with van der Waals surface area (Å²) in [6.07, 6.45) is 1.80. The zero-order chi connectivity index (χ0) is 19.5. The summed E-state index contributed by atoms with van der Waals surface area (Å²) in [6, 6.07) is 15.7. The van der Waals surface area contributed by atoms with Crippen molar-refractivity contribution in [2.75, 3.05) is 0 Å². The summed E-state index contributed by atoms with van der Waals surface area (Å²) in [7, 11) is 0. The number of aromatic nitrogens is 3. The molecular weight excluding hydrogens is 352 g/mol. The molecule has 0 radical (unpaired) electrons. The van der Waals surface area contributed by atoms with Gasteiger partial charge in [0.15, 0.2) is 0 Å². The maximum Gasteiger partial charge on any atom is 0.247 e. The average Bonchev–Trinajstić information content (AvgIpc) is 3.17. The lowest BCUT2D eigenvalue weighted by atomic mass is 10.1. The van der Waals surface area contributed by atoms with Gasteiger partial charge in [0.1, 0.15) is 6.42 Å². The molecule has 0 saturated carbocycles. The van der Waals surface area contributed by atoms with Crippen molar-refractivity contribution in [2.45, 2.75) is 26.8 Å². The van der Waals surface area contributed by atoms with Crippen LogP contribution >= 0.6 is 0 Å². The van der Waals surface area contributed by atoms with Gasteiger partial charge in [-0.25, -0.2) is 0 Å². The molecule has 0 bridgehead atoms. The van der Waals surface area contributed by atoms with Gasteiger partial charge >= 0.3 is 0 Å². The molecular formula is C22H20N4O2. The van der Waals surface area contributed by atoms with Gasteiger partial charge in [0.2, 0.25) is 17.7 Å². The summed E-state index contributed by atoms with van der Waals surface area (Å²) in [5.41, 5.74) is 5.20. The topological polar surface area (TPSA) is 80.9 Å². The predicted octanol–water partition coefficient (Wildman–Crippen LogP) is 3.76. The van der Waals surface area contributed by atoms with Crippen molar-refractivity contribution < 1.29 is 9.21 Å². The number of rotatable bonds is 5. The van der Waals surface area contributed by atoms with E-state index in [0.29, 0.717) is 18.3 Å². The Morgan fingerprint density at radius 1 is 1.04 bits per heavy atom. The summed E-state index contributed by atoms with van der Waals surface area (Å²) in [6.45, 7) is 4.60. The molecule has 0 saturated heterocycles. The molecule has 0 aliphatic heterocycles. The molecule has 2 aromatic carbocycles. The minimum absolute atomic E-state index is 0.0486. The second-order valence-corrected chi connectivity index (χ2v) is 6.78. The van der Waals surface area contributed by atoms with E-state index in [-0.39, 0.29) is 12.3 Å². The molecule has 2 heterocycles. The van der Waals surface area contributed by atoms with Crippen molar-refractivity contribution in [2.24, 2.45) is 0 Å². The highest BCUT2D eigenvalue weighted by Gasteiger charge is 2.13. The SMILES string of the molecule is Cc1ccc(CNC(=O)Cc2nnc(-c3ccc4ncccc4c3)o2)cc1C. The van der Waals surface area contributed by atoms with Crippen molar-refractivity contribution in [3.63, 3.8) is 0 Å². The van der Waals surface area contributed by atoms with Crippen molar-refractivity contribution in [1.82, 2.24) is 20.5 Å². The van der Waals surface area contributed by atoms with Crippen LogP contribution in [0, 0.1) is 13.8 Å². The first kappa shape index (κ1) is 17.9. The lowest BCUT2D eigenvalue weighted by Gasteiger charge is -2.06. The molecule has 28 heavy (non-hydrogen) atoms. The van der Waals surface area contributed by atoms with E-state index in [4.69, 9.17) is 4.42 Å². The Bertz CT molecular complexity index is 1150. The predicted molar refractivity (Wildman–Crippen MR) is 107 cm³/mol. The highest BCUT2D eigenvalue weighted by atomic mass is 16.4. The van der Waals surface area contributed by atoms with Crippen LogP contribution in [0.1, 0.15) is 22.6 Å². The first-order valence-corrected chi connectivity index (χ1v) is 9.09. The van der Waals surface area contributed by atoms with E-state index in [0.717, 1.165) is 22.0 Å². The number of carbonyl (C=O) groups is 1. The van der Waals surface area contributed by atoms with Gasteiger partial charge in [0, 0.05) is 23.7 Å². The molecule has 0 atom stereocenters. The Kier molecular flexibility index (Phi) is 4.85. The van der Waals surface area contributed by atoms with Gasteiger partial charge < -0.3 is 9.73 Å². The zero-order valence-electron chi connectivity index (χ0n) is 15.8. The van der Waals surface area contributed by atoms with Crippen LogP contribution in [0.15, 0.2) is 59.1 Å². The van der Waals surface area contributed by atoms with Crippen LogP contribution in [0.2, 0.25) is 0 Å². The van der Waals surface area contributed by atoms with Crippen molar-refractivity contribution in [1.29, 1.82) is 0 Å². The smallest absolute Gasteiger partial charge is 0.247 e. The lowest BCUT2D eigenvalue weighted by molar-refractivity contribution is -0.120. The molecule has 0 aliphatic carbocycles. The molecule has 2 aromatic heterocycles. The van der Waals surface area contributed by atoms with Crippen LogP contribution < -0.4 is 5.32 Å². The van der Waals surface area contributed by atoms with Crippen molar-refractivity contribution in [3.8, 4) is 11.5 Å². The van der Waals surface area contributed by atoms with Crippen LogP contribution in [0.4, 0.5) is 0 Å². The number of benzene rings is 2. The zero-order valence-corrected chi connectivity index (χ0v) is 15.8. The third kappa shape index (κ3) is 3.91. The quantitative estimate of drug-likeness (QED) is 0.577. The lowest BCUT2D eigenvalue weighted by Crippen LogP contribution is -2.24. The first-order chi connectivity index (χ1) is 13.6. The number of pyridine rings is 1. The fraction of sp³-hybridized carbons (Fsp3) is 0.182. The minimum atomic E-state index is -0.156. The number of nitrogens with zero attached hydrogens (tertiary/aromatic N) is 3. The molecule has 0 fully saturated rings. The van der Waals surface area contributed by atoms with E-state index in [9.17, 15) is 4.79 Å². The van der Waals surface area contributed by atoms with Gasteiger partial charge in [-0.3, -0.25) is 9.78 Å². The molecule has 140 valence electrons. The standard InChI is InChI=1S/C22H20N4O2/c1-14-5-6-16(10-15(14)2)13-24-20(27)12-21-25-26-22(28-21)18-7-8-19-17(11-18)4-3-9-23-19/h3-11H,12-13H2,1-2H3,(H,24,27). The highest BCUT2D eigenvalue weighted by molar-refractivity contribution is 5.82. The second kappa shape index (κ2) is 7.60. The summed E-state index contributed by atoms with van der Waals surface area (Å²) >= 11 is 0. The number of hydrogen-bond acceptors (Lipinski definition) is 5. The van der Waals surface area contributed by atoms with Gasteiger partial charge in [-0.1, -0.05) is 24.3 Å². The monoisotopic (exact) mass is 372 g/mol. The molecule has 0 spiro atoms. The second-order valence-electron chi connectivity index (χ2n) is 6.78. The van der Waals surface area contributed by atoms with Gasteiger partial charge in [-0.05, 0) is 54.8 Å². The van der Waals surface area contributed by atoms with Crippen LogP contribution in [-0.2, 0) is 17.8 Å². The molecule has 6 heteroatoms.